The number of nitrogens with zero attached hydrogens (tertiary/aromatic N) is 1. The van der Waals surface area contributed by atoms with E-state index < -0.39 is 0 Å². The van der Waals surface area contributed by atoms with Crippen LogP contribution in [0.2, 0.25) is 0 Å². The summed E-state index contributed by atoms with van der Waals surface area (Å²) in [4.78, 5) is 14.5. The first-order valence-corrected chi connectivity index (χ1v) is 7.05. The van der Waals surface area contributed by atoms with Crippen LogP contribution >= 0.6 is 0 Å². The van der Waals surface area contributed by atoms with E-state index in [0.717, 1.165) is 25.8 Å². The summed E-state index contributed by atoms with van der Waals surface area (Å²) in [5.41, 5.74) is 5.85. The lowest BCUT2D eigenvalue weighted by Gasteiger charge is -2.41. The molecule has 1 aliphatic rings. The zero-order valence-corrected chi connectivity index (χ0v) is 11.8. The third-order valence-electron chi connectivity index (χ3n) is 4.16. The average molecular weight is 240 g/mol. The Balaban J connectivity index is 2.74. The lowest BCUT2D eigenvalue weighted by molar-refractivity contribution is -0.141. The number of hydrogen-bond acceptors (Lipinski definition) is 2. The van der Waals surface area contributed by atoms with Crippen LogP contribution in [0.25, 0.3) is 0 Å². The lowest BCUT2D eigenvalue weighted by atomic mass is 9.86. The van der Waals surface area contributed by atoms with E-state index in [0.29, 0.717) is 12.0 Å². The minimum atomic E-state index is -0.0559. The second kappa shape index (κ2) is 6.39. The van der Waals surface area contributed by atoms with Gasteiger partial charge in [0.05, 0.1) is 5.92 Å². The standard InChI is InChI=1S/C14H28N2O/c1-5-7-13-10(2)8-6-9-16(13)14(17)11(3)12(4)15/h10-13H,5-9,15H2,1-4H3. The summed E-state index contributed by atoms with van der Waals surface area (Å²) in [6, 6.07) is 0.379. The van der Waals surface area contributed by atoms with Gasteiger partial charge in [0, 0.05) is 18.6 Å². The van der Waals surface area contributed by atoms with Crippen LogP contribution < -0.4 is 5.73 Å². The van der Waals surface area contributed by atoms with Crippen LogP contribution in [0, 0.1) is 11.8 Å². The fourth-order valence-electron chi connectivity index (χ4n) is 2.75. The Morgan fingerprint density at radius 1 is 1.47 bits per heavy atom. The van der Waals surface area contributed by atoms with Crippen molar-refractivity contribution in [3.8, 4) is 0 Å². The van der Waals surface area contributed by atoms with E-state index in [1.165, 1.54) is 6.42 Å². The minimum absolute atomic E-state index is 0.0537. The summed E-state index contributed by atoms with van der Waals surface area (Å²) in [5.74, 6) is 0.831. The maximum atomic E-state index is 12.4. The van der Waals surface area contributed by atoms with Gasteiger partial charge in [-0.15, -0.1) is 0 Å². The lowest BCUT2D eigenvalue weighted by Crippen LogP contribution is -2.51. The van der Waals surface area contributed by atoms with Gasteiger partial charge in [0.15, 0.2) is 0 Å². The average Bonchev–Trinajstić information content (AvgIpc) is 2.30. The van der Waals surface area contributed by atoms with Gasteiger partial charge in [-0.1, -0.05) is 27.2 Å². The van der Waals surface area contributed by atoms with Gasteiger partial charge in [0.25, 0.3) is 0 Å². The Hall–Kier alpha value is -0.570. The van der Waals surface area contributed by atoms with E-state index in [1.54, 1.807) is 0 Å². The molecule has 0 bridgehead atoms. The summed E-state index contributed by atoms with van der Waals surface area (Å²) >= 11 is 0. The maximum absolute atomic E-state index is 12.4. The normalized spacial score (nSPS) is 28.9. The summed E-state index contributed by atoms with van der Waals surface area (Å²) in [5, 5.41) is 0. The van der Waals surface area contributed by atoms with Gasteiger partial charge in [-0.2, -0.15) is 0 Å². The summed E-state index contributed by atoms with van der Waals surface area (Å²) in [6.45, 7) is 9.26. The predicted molar refractivity (Wildman–Crippen MR) is 71.6 cm³/mol. The van der Waals surface area contributed by atoms with Crippen LogP contribution in [0.5, 0.6) is 0 Å². The third kappa shape index (κ3) is 3.44. The quantitative estimate of drug-likeness (QED) is 0.820. The molecule has 1 fully saturated rings. The summed E-state index contributed by atoms with van der Waals surface area (Å²) in [6.07, 6.45) is 4.66. The van der Waals surface area contributed by atoms with Crippen molar-refractivity contribution < 1.29 is 4.79 Å². The number of hydrogen-bond donors (Lipinski definition) is 1. The zero-order valence-electron chi connectivity index (χ0n) is 11.8. The van der Waals surface area contributed by atoms with Crippen LogP contribution in [-0.4, -0.2) is 29.4 Å². The van der Waals surface area contributed by atoms with Crippen LogP contribution in [0.4, 0.5) is 0 Å². The predicted octanol–water partition coefficient (Wildman–Crippen LogP) is 2.40. The first kappa shape index (κ1) is 14.5. The van der Waals surface area contributed by atoms with Crippen molar-refractivity contribution in [1.29, 1.82) is 0 Å². The van der Waals surface area contributed by atoms with Gasteiger partial charge in [-0.3, -0.25) is 4.79 Å². The highest BCUT2D eigenvalue weighted by atomic mass is 16.2. The molecule has 0 saturated carbocycles. The molecule has 1 heterocycles. The number of amides is 1. The zero-order chi connectivity index (χ0) is 13.0. The summed E-state index contributed by atoms with van der Waals surface area (Å²) in [7, 11) is 0. The number of rotatable bonds is 4. The molecule has 2 N–H and O–H groups in total. The molecule has 0 aromatic carbocycles. The van der Waals surface area contributed by atoms with Crippen LogP contribution in [0.1, 0.15) is 53.4 Å². The van der Waals surface area contributed by atoms with Crippen molar-refractivity contribution in [2.45, 2.75) is 65.5 Å². The van der Waals surface area contributed by atoms with Gasteiger partial charge >= 0.3 is 0 Å². The van der Waals surface area contributed by atoms with Crippen molar-refractivity contribution >= 4 is 5.91 Å². The molecule has 3 nitrogen and oxygen atoms in total. The molecular formula is C14H28N2O. The molecule has 0 aromatic rings. The summed E-state index contributed by atoms with van der Waals surface area (Å²) < 4.78 is 0. The Morgan fingerprint density at radius 3 is 2.65 bits per heavy atom. The van der Waals surface area contributed by atoms with Crippen molar-refractivity contribution in [1.82, 2.24) is 4.90 Å². The molecule has 1 aliphatic heterocycles. The number of carbonyl (C=O) groups is 1. The molecule has 0 aliphatic carbocycles. The molecule has 0 aromatic heterocycles. The molecule has 1 saturated heterocycles. The Kier molecular flexibility index (Phi) is 5.44. The van der Waals surface area contributed by atoms with Crippen LogP contribution in [-0.2, 0) is 4.79 Å². The molecule has 4 atom stereocenters. The largest absolute Gasteiger partial charge is 0.339 e. The van der Waals surface area contributed by atoms with Gasteiger partial charge in [-0.25, -0.2) is 0 Å². The number of carbonyl (C=O) groups excluding carboxylic acids is 1. The number of piperidine rings is 1. The van der Waals surface area contributed by atoms with E-state index in [9.17, 15) is 4.79 Å². The molecule has 1 amide bonds. The van der Waals surface area contributed by atoms with Crippen molar-refractivity contribution in [2.75, 3.05) is 6.54 Å². The van der Waals surface area contributed by atoms with Crippen LogP contribution in [0.15, 0.2) is 0 Å². The molecule has 0 spiro atoms. The minimum Gasteiger partial charge on any atom is -0.339 e. The van der Waals surface area contributed by atoms with E-state index in [2.05, 4.69) is 18.7 Å². The van der Waals surface area contributed by atoms with Gasteiger partial charge in [0.2, 0.25) is 5.91 Å². The molecule has 4 unspecified atom stereocenters. The highest BCUT2D eigenvalue weighted by Crippen LogP contribution is 2.28. The second-order valence-electron chi connectivity index (χ2n) is 5.65. The van der Waals surface area contributed by atoms with E-state index in [1.807, 2.05) is 13.8 Å². The topological polar surface area (TPSA) is 46.3 Å². The molecule has 17 heavy (non-hydrogen) atoms. The second-order valence-corrected chi connectivity index (χ2v) is 5.65. The highest BCUT2D eigenvalue weighted by Gasteiger charge is 2.33. The maximum Gasteiger partial charge on any atom is 0.227 e. The van der Waals surface area contributed by atoms with E-state index in [-0.39, 0.29) is 17.9 Å². The molecular weight excluding hydrogens is 212 g/mol. The van der Waals surface area contributed by atoms with E-state index >= 15 is 0 Å². The smallest absolute Gasteiger partial charge is 0.227 e. The Bertz CT molecular complexity index is 253. The number of nitrogens with two attached hydrogens (primary N) is 1. The van der Waals surface area contributed by atoms with Gasteiger partial charge in [-0.05, 0) is 32.1 Å². The molecule has 0 radical (unpaired) electrons. The Labute approximate surface area is 106 Å². The van der Waals surface area contributed by atoms with Gasteiger partial charge in [0.1, 0.15) is 0 Å². The molecule has 3 heteroatoms. The third-order valence-corrected chi connectivity index (χ3v) is 4.16. The monoisotopic (exact) mass is 240 g/mol. The number of likely N-dealkylation sites (tertiary alicyclic amines) is 1. The van der Waals surface area contributed by atoms with Crippen molar-refractivity contribution in [3.05, 3.63) is 0 Å². The Morgan fingerprint density at radius 2 is 2.12 bits per heavy atom. The van der Waals surface area contributed by atoms with Crippen molar-refractivity contribution in [2.24, 2.45) is 17.6 Å². The SMILES string of the molecule is CCCC1C(C)CCCN1C(=O)C(C)C(C)N. The van der Waals surface area contributed by atoms with Crippen LogP contribution in [0.3, 0.4) is 0 Å². The molecule has 1 rings (SSSR count). The highest BCUT2D eigenvalue weighted by molar-refractivity contribution is 5.79. The van der Waals surface area contributed by atoms with E-state index in [4.69, 9.17) is 5.73 Å². The fraction of sp³-hybridized carbons (Fsp3) is 0.929. The molecule has 100 valence electrons. The first-order chi connectivity index (χ1) is 7.99. The first-order valence-electron chi connectivity index (χ1n) is 7.05. The van der Waals surface area contributed by atoms with Crippen molar-refractivity contribution in [3.63, 3.8) is 0 Å². The van der Waals surface area contributed by atoms with Gasteiger partial charge < -0.3 is 10.6 Å². The fourth-order valence-corrected chi connectivity index (χ4v) is 2.75.